The monoisotopic (exact) mass is 431 g/mol. The number of halogens is 2. The molecule has 1 aliphatic heterocycles. The number of alkyl halides is 1. The van der Waals surface area contributed by atoms with Crippen LogP contribution in [0, 0.1) is 0 Å². The maximum absolute atomic E-state index is 11.3. The van der Waals surface area contributed by atoms with Crippen LogP contribution in [-0.2, 0) is 11.2 Å². The zero-order chi connectivity index (χ0) is 13.2. The van der Waals surface area contributed by atoms with Gasteiger partial charge in [0.1, 0.15) is 0 Å². The van der Waals surface area contributed by atoms with Gasteiger partial charge >= 0.3 is 0 Å². The van der Waals surface area contributed by atoms with Crippen molar-refractivity contribution in [1.82, 2.24) is 0 Å². The van der Waals surface area contributed by atoms with E-state index in [0.29, 0.717) is 6.42 Å². The summed E-state index contributed by atoms with van der Waals surface area (Å²) in [5.74, 6) is 0.110. The minimum absolute atomic E-state index is 0. The third-order valence-corrected chi connectivity index (χ3v) is 4.47. The highest BCUT2D eigenvalue weighted by atomic mass is 79.9. The molecule has 0 saturated heterocycles. The SMILES string of the molecule is Br.O.O.O=C1CCc2cc(C(Br)c3ccccc3)ccc2N1. The van der Waals surface area contributed by atoms with Gasteiger partial charge in [-0.25, -0.2) is 0 Å². The number of aryl methyl sites for hydroxylation is 1. The number of fused-ring (bicyclic) bond motifs is 1. The predicted molar refractivity (Wildman–Crippen MR) is 98.2 cm³/mol. The van der Waals surface area contributed by atoms with E-state index in [1.807, 2.05) is 24.3 Å². The van der Waals surface area contributed by atoms with Crippen LogP contribution in [0.1, 0.15) is 27.9 Å². The highest BCUT2D eigenvalue weighted by Crippen LogP contribution is 2.33. The van der Waals surface area contributed by atoms with Crippen molar-refractivity contribution in [2.24, 2.45) is 0 Å². The summed E-state index contributed by atoms with van der Waals surface area (Å²) in [6, 6.07) is 16.6. The van der Waals surface area contributed by atoms with E-state index < -0.39 is 0 Å². The van der Waals surface area contributed by atoms with Crippen molar-refractivity contribution in [2.45, 2.75) is 17.7 Å². The average Bonchev–Trinajstić information content (AvgIpc) is 2.47. The average molecular weight is 433 g/mol. The number of carbonyl (C=O) groups excluding carboxylic acids is 1. The van der Waals surface area contributed by atoms with Gasteiger partial charge in [-0.05, 0) is 29.2 Å². The van der Waals surface area contributed by atoms with E-state index in [9.17, 15) is 4.79 Å². The molecule has 0 radical (unpaired) electrons. The molecule has 4 nitrogen and oxygen atoms in total. The van der Waals surface area contributed by atoms with Gasteiger partial charge in [-0.3, -0.25) is 4.79 Å². The van der Waals surface area contributed by atoms with E-state index in [4.69, 9.17) is 0 Å². The van der Waals surface area contributed by atoms with Crippen LogP contribution in [0.4, 0.5) is 5.69 Å². The smallest absolute Gasteiger partial charge is 0.224 e. The van der Waals surface area contributed by atoms with Crippen LogP contribution in [0.5, 0.6) is 0 Å². The largest absolute Gasteiger partial charge is 0.412 e. The molecule has 1 amide bonds. The van der Waals surface area contributed by atoms with Crippen molar-refractivity contribution >= 4 is 44.5 Å². The maximum Gasteiger partial charge on any atom is 0.224 e. The van der Waals surface area contributed by atoms with Crippen molar-refractivity contribution in [3.63, 3.8) is 0 Å². The number of benzene rings is 2. The van der Waals surface area contributed by atoms with Gasteiger partial charge in [-0.2, -0.15) is 0 Å². The van der Waals surface area contributed by atoms with E-state index in [-0.39, 0.29) is 38.7 Å². The molecule has 3 rings (SSSR count). The highest BCUT2D eigenvalue weighted by molar-refractivity contribution is 9.09. The van der Waals surface area contributed by atoms with Gasteiger partial charge < -0.3 is 16.3 Å². The lowest BCUT2D eigenvalue weighted by Gasteiger charge is -2.19. The molecule has 5 N–H and O–H groups in total. The van der Waals surface area contributed by atoms with E-state index in [1.54, 1.807) is 0 Å². The minimum Gasteiger partial charge on any atom is -0.412 e. The van der Waals surface area contributed by atoms with Crippen LogP contribution in [0.15, 0.2) is 48.5 Å². The summed E-state index contributed by atoms with van der Waals surface area (Å²) in [5, 5.41) is 2.91. The summed E-state index contributed by atoms with van der Waals surface area (Å²) in [5.41, 5.74) is 4.63. The Hall–Kier alpha value is -1.21. The zero-order valence-corrected chi connectivity index (χ0v) is 15.1. The molecule has 0 saturated carbocycles. The van der Waals surface area contributed by atoms with Crippen LogP contribution in [-0.4, -0.2) is 16.9 Å². The van der Waals surface area contributed by atoms with Crippen molar-refractivity contribution in [2.75, 3.05) is 5.32 Å². The van der Waals surface area contributed by atoms with Crippen molar-refractivity contribution < 1.29 is 15.7 Å². The fraction of sp³-hybridized carbons (Fsp3) is 0.188. The second-order valence-corrected chi connectivity index (χ2v) is 5.65. The number of hydrogen-bond donors (Lipinski definition) is 1. The number of amides is 1. The molecule has 0 aromatic heterocycles. The summed E-state index contributed by atoms with van der Waals surface area (Å²) in [4.78, 5) is 11.5. The Bertz CT molecular complexity index is 620. The van der Waals surface area contributed by atoms with Gasteiger partial charge in [-0.15, -0.1) is 17.0 Å². The fourth-order valence-corrected chi connectivity index (χ4v) is 2.97. The first-order valence-electron chi connectivity index (χ1n) is 6.36. The number of rotatable bonds is 2. The van der Waals surface area contributed by atoms with Gasteiger partial charge in [-0.1, -0.05) is 58.4 Å². The zero-order valence-electron chi connectivity index (χ0n) is 11.8. The van der Waals surface area contributed by atoms with Gasteiger partial charge in [0.05, 0.1) is 4.83 Å². The molecule has 6 heteroatoms. The Balaban J connectivity index is 0.00000147. The van der Waals surface area contributed by atoms with Crippen molar-refractivity contribution in [3.8, 4) is 0 Å². The molecule has 120 valence electrons. The molecule has 1 unspecified atom stereocenters. The minimum atomic E-state index is 0. The molecule has 2 aromatic rings. The third-order valence-electron chi connectivity index (χ3n) is 3.41. The Morgan fingerprint density at radius 3 is 2.32 bits per heavy atom. The molecule has 0 spiro atoms. The standard InChI is InChI=1S/C16H14BrNO.BrH.2H2O/c17-16(11-4-2-1-3-5-11)13-6-8-14-12(10-13)7-9-15(19)18-14;;;/h1-6,8,10,16H,7,9H2,(H,18,19);1H;2*1H2. The topological polar surface area (TPSA) is 92.1 Å². The Morgan fingerprint density at radius 2 is 1.64 bits per heavy atom. The summed E-state index contributed by atoms with van der Waals surface area (Å²) in [6.45, 7) is 0. The second-order valence-electron chi connectivity index (χ2n) is 4.74. The van der Waals surface area contributed by atoms with Crippen molar-refractivity contribution in [3.05, 3.63) is 65.2 Å². The first-order valence-corrected chi connectivity index (χ1v) is 7.27. The van der Waals surface area contributed by atoms with Crippen LogP contribution < -0.4 is 5.32 Å². The van der Waals surface area contributed by atoms with Gasteiger partial charge in [0.2, 0.25) is 5.91 Å². The molecule has 1 heterocycles. The number of carbonyl (C=O) groups is 1. The van der Waals surface area contributed by atoms with Gasteiger partial charge in [0.15, 0.2) is 0 Å². The van der Waals surface area contributed by atoms with Crippen molar-refractivity contribution in [1.29, 1.82) is 0 Å². The number of hydrogen-bond acceptors (Lipinski definition) is 1. The van der Waals surface area contributed by atoms with Crippen LogP contribution in [0.3, 0.4) is 0 Å². The quantitative estimate of drug-likeness (QED) is 0.725. The summed E-state index contributed by atoms with van der Waals surface area (Å²) >= 11 is 3.75. The van der Waals surface area contributed by atoms with Crippen LogP contribution in [0.2, 0.25) is 0 Å². The van der Waals surface area contributed by atoms with Crippen LogP contribution >= 0.6 is 32.9 Å². The molecule has 0 bridgehead atoms. The Morgan fingerprint density at radius 1 is 0.955 bits per heavy atom. The molecular formula is C16H19Br2NO3. The molecule has 1 atom stereocenters. The van der Waals surface area contributed by atoms with Gasteiger partial charge in [0, 0.05) is 12.1 Å². The lowest BCUT2D eigenvalue weighted by atomic mass is 9.97. The molecule has 0 fully saturated rings. The molecule has 0 aliphatic carbocycles. The number of anilines is 1. The highest BCUT2D eigenvalue weighted by Gasteiger charge is 2.17. The summed E-state index contributed by atoms with van der Waals surface area (Å²) < 4.78 is 0. The van der Waals surface area contributed by atoms with E-state index >= 15 is 0 Å². The molecule has 2 aromatic carbocycles. The summed E-state index contributed by atoms with van der Waals surface area (Å²) in [6.07, 6.45) is 1.40. The molecular weight excluding hydrogens is 414 g/mol. The fourth-order valence-electron chi connectivity index (χ4n) is 2.38. The Labute approximate surface area is 148 Å². The van der Waals surface area contributed by atoms with E-state index in [1.165, 1.54) is 16.7 Å². The van der Waals surface area contributed by atoms with Gasteiger partial charge in [0.25, 0.3) is 0 Å². The lowest BCUT2D eigenvalue weighted by Crippen LogP contribution is -2.19. The second kappa shape index (κ2) is 9.05. The van der Waals surface area contributed by atoms with E-state index in [2.05, 4.69) is 45.5 Å². The molecule has 22 heavy (non-hydrogen) atoms. The maximum atomic E-state index is 11.3. The number of nitrogens with one attached hydrogen (secondary N) is 1. The normalized spacial score (nSPS) is 13.4. The Kier molecular flexibility index (Phi) is 8.55. The molecule has 1 aliphatic rings. The summed E-state index contributed by atoms with van der Waals surface area (Å²) in [7, 11) is 0. The van der Waals surface area contributed by atoms with E-state index in [0.717, 1.165) is 12.1 Å². The first kappa shape index (κ1) is 20.8. The third kappa shape index (κ3) is 4.39. The van der Waals surface area contributed by atoms with Crippen LogP contribution in [0.25, 0.3) is 0 Å². The predicted octanol–water partition coefficient (Wildman–Crippen LogP) is 2.98. The lowest BCUT2D eigenvalue weighted by molar-refractivity contribution is -0.116. The first-order chi connectivity index (χ1) is 9.24.